The number of halogens is 1. The van der Waals surface area contributed by atoms with E-state index in [4.69, 9.17) is 16.3 Å². The van der Waals surface area contributed by atoms with E-state index in [9.17, 15) is 4.79 Å². The number of amides is 1. The van der Waals surface area contributed by atoms with Crippen molar-refractivity contribution in [2.24, 2.45) is 0 Å². The van der Waals surface area contributed by atoms with Crippen LogP contribution in [-0.2, 0) is 17.9 Å². The average molecular weight is 435 g/mol. The summed E-state index contributed by atoms with van der Waals surface area (Å²) < 4.78 is 7.83. The zero-order valence-corrected chi connectivity index (χ0v) is 18.3. The van der Waals surface area contributed by atoms with E-state index in [2.05, 4.69) is 22.1 Å². The average Bonchev–Trinajstić information content (AvgIpc) is 3.08. The molecule has 0 bridgehead atoms. The zero-order valence-electron chi connectivity index (χ0n) is 16.7. The van der Waals surface area contributed by atoms with Gasteiger partial charge in [0.1, 0.15) is 12.4 Å². The number of rotatable bonds is 9. The lowest BCUT2D eigenvalue weighted by molar-refractivity contribution is -0.119. The minimum absolute atomic E-state index is 0.0460. The van der Waals surface area contributed by atoms with Crippen molar-refractivity contribution in [3.05, 3.63) is 47.3 Å². The van der Waals surface area contributed by atoms with Gasteiger partial charge < -0.3 is 10.1 Å². The van der Waals surface area contributed by atoms with Gasteiger partial charge in [0, 0.05) is 17.6 Å². The van der Waals surface area contributed by atoms with E-state index in [1.165, 1.54) is 31.0 Å². The number of carbonyl (C=O) groups is 1. The lowest BCUT2D eigenvalue weighted by Crippen LogP contribution is -2.37. The first-order chi connectivity index (χ1) is 14.1. The van der Waals surface area contributed by atoms with Gasteiger partial charge in [-0.25, -0.2) is 0 Å². The van der Waals surface area contributed by atoms with Crippen molar-refractivity contribution >= 4 is 29.3 Å². The van der Waals surface area contributed by atoms with E-state index < -0.39 is 0 Å². The number of benzene rings is 1. The highest BCUT2D eigenvalue weighted by molar-refractivity contribution is 7.99. The van der Waals surface area contributed by atoms with Gasteiger partial charge in [-0.3, -0.25) is 9.36 Å². The van der Waals surface area contributed by atoms with Crippen LogP contribution in [0.25, 0.3) is 0 Å². The highest BCUT2D eigenvalue weighted by Crippen LogP contribution is 2.24. The van der Waals surface area contributed by atoms with Gasteiger partial charge in [-0.2, -0.15) is 0 Å². The zero-order chi connectivity index (χ0) is 20.6. The number of carbonyl (C=O) groups excluding carboxylic acids is 1. The van der Waals surface area contributed by atoms with Crippen LogP contribution >= 0.6 is 23.4 Å². The van der Waals surface area contributed by atoms with Gasteiger partial charge >= 0.3 is 0 Å². The van der Waals surface area contributed by atoms with Gasteiger partial charge in [-0.1, -0.05) is 48.7 Å². The van der Waals surface area contributed by atoms with Gasteiger partial charge in [0.05, 0.1) is 5.75 Å². The second kappa shape index (κ2) is 10.7. The Kier molecular flexibility index (Phi) is 8.00. The fraction of sp³-hybridized carbons (Fsp3) is 0.476. The first-order valence-electron chi connectivity index (χ1n) is 9.91. The molecule has 1 aliphatic carbocycles. The van der Waals surface area contributed by atoms with Gasteiger partial charge in [-0.15, -0.1) is 16.8 Å². The topological polar surface area (TPSA) is 69.0 Å². The predicted octanol–water partition coefficient (Wildman–Crippen LogP) is 4.55. The molecule has 1 heterocycles. The monoisotopic (exact) mass is 434 g/mol. The summed E-state index contributed by atoms with van der Waals surface area (Å²) in [5.74, 6) is 1.81. The van der Waals surface area contributed by atoms with Gasteiger partial charge in [0.2, 0.25) is 5.91 Å². The highest BCUT2D eigenvalue weighted by atomic mass is 35.5. The summed E-state index contributed by atoms with van der Waals surface area (Å²) in [5, 5.41) is 13.0. The van der Waals surface area contributed by atoms with Crippen molar-refractivity contribution < 1.29 is 9.53 Å². The molecule has 1 N–H and O–H groups in total. The Morgan fingerprint density at radius 3 is 2.90 bits per heavy atom. The van der Waals surface area contributed by atoms with Crippen molar-refractivity contribution in [3.8, 4) is 5.75 Å². The van der Waals surface area contributed by atoms with Crippen LogP contribution in [0.2, 0.25) is 5.02 Å². The lowest BCUT2D eigenvalue weighted by atomic mass is 9.95. The molecule has 0 spiro atoms. The van der Waals surface area contributed by atoms with Crippen molar-refractivity contribution in [2.45, 2.75) is 63.4 Å². The summed E-state index contributed by atoms with van der Waals surface area (Å²) >= 11 is 7.38. The number of aromatic nitrogens is 3. The second-order valence-electron chi connectivity index (χ2n) is 7.19. The second-order valence-corrected chi connectivity index (χ2v) is 8.57. The number of ether oxygens (including phenoxy) is 1. The summed E-state index contributed by atoms with van der Waals surface area (Å²) in [5.41, 5.74) is 0.960. The van der Waals surface area contributed by atoms with Crippen LogP contribution in [0, 0.1) is 6.92 Å². The van der Waals surface area contributed by atoms with Crippen molar-refractivity contribution in [1.82, 2.24) is 20.1 Å². The molecule has 3 rings (SSSR count). The molecule has 0 aliphatic heterocycles. The third-order valence-corrected chi connectivity index (χ3v) is 6.10. The predicted molar refractivity (Wildman–Crippen MR) is 116 cm³/mol. The van der Waals surface area contributed by atoms with Crippen LogP contribution in [-0.4, -0.2) is 32.5 Å². The van der Waals surface area contributed by atoms with E-state index in [1.807, 2.05) is 23.6 Å². The van der Waals surface area contributed by atoms with Crippen LogP contribution in [0.1, 0.15) is 43.5 Å². The molecule has 8 heteroatoms. The summed E-state index contributed by atoms with van der Waals surface area (Å²) in [6.45, 7) is 6.59. The minimum atomic E-state index is 0.0460. The fourth-order valence-electron chi connectivity index (χ4n) is 3.41. The summed E-state index contributed by atoms with van der Waals surface area (Å²) in [6.07, 6.45) is 7.60. The van der Waals surface area contributed by atoms with Crippen LogP contribution in [0.3, 0.4) is 0 Å². The fourth-order valence-corrected chi connectivity index (χ4v) is 4.41. The maximum atomic E-state index is 12.3. The number of allylic oxidation sites excluding steroid dienone is 1. The maximum absolute atomic E-state index is 12.3. The van der Waals surface area contributed by atoms with E-state index in [0.717, 1.165) is 24.2 Å². The third-order valence-electron chi connectivity index (χ3n) is 4.90. The van der Waals surface area contributed by atoms with E-state index in [0.29, 0.717) is 34.3 Å². The van der Waals surface area contributed by atoms with Crippen LogP contribution in [0.5, 0.6) is 5.75 Å². The Morgan fingerprint density at radius 1 is 1.38 bits per heavy atom. The number of aryl methyl sites for hydroxylation is 1. The molecule has 1 aliphatic rings. The Bertz CT molecular complexity index is 849. The van der Waals surface area contributed by atoms with Crippen molar-refractivity contribution in [3.63, 3.8) is 0 Å². The van der Waals surface area contributed by atoms with Crippen molar-refractivity contribution in [2.75, 3.05) is 5.75 Å². The quantitative estimate of drug-likeness (QED) is 0.463. The molecule has 156 valence electrons. The molecule has 1 fully saturated rings. The van der Waals surface area contributed by atoms with Gasteiger partial charge in [0.15, 0.2) is 11.0 Å². The van der Waals surface area contributed by atoms with Crippen molar-refractivity contribution in [1.29, 1.82) is 0 Å². The summed E-state index contributed by atoms with van der Waals surface area (Å²) in [7, 11) is 0. The van der Waals surface area contributed by atoms with Gasteiger partial charge in [-0.05, 0) is 43.5 Å². The maximum Gasteiger partial charge on any atom is 0.230 e. The van der Waals surface area contributed by atoms with Crippen LogP contribution in [0.4, 0.5) is 0 Å². The molecular weight excluding hydrogens is 408 g/mol. The Hall–Kier alpha value is -1.99. The molecule has 2 aromatic rings. The molecular formula is C21H27ClN4O2S. The van der Waals surface area contributed by atoms with E-state index >= 15 is 0 Å². The summed E-state index contributed by atoms with van der Waals surface area (Å²) in [4.78, 5) is 12.3. The highest BCUT2D eigenvalue weighted by Gasteiger charge is 2.18. The third kappa shape index (κ3) is 6.24. The largest absolute Gasteiger partial charge is 0.485 e. The number of hydrogen-bond donors (Lipinski definition) is 1. The summed E-state index contributed by atoms with van der Waals surface area (Å²) in [6, 6.07) is 5.81. The standard InChI is InChI=1S/C21H27ClN4O2S/c1-3-11-26-19(13-28-18-10-9-16(22)12-15(18)2)24-25-21(26)29-14-20(27)23-17-7-5-4-6-8-17/h3,9-10,12,17H,1,4-8,11,13-14H2,2H3,(H,23,27). The molecule has 1 saturated carbocycles. The molecule has 0 atom stereocenters. The van der Waals surface area contributed by atoms with Crippen LogP contribution < -0.4 is 10.1 Å². The lowest BCUT2D eigenvalue weighted by Gasteiger charge is -2.22. The molecule has 1 aromatic carbocycles. The molecule has 29 heavy (non-hydrogen) atoms. The van der Waals surface area contributed by atoms with E-state index in [-0.39, 0.29) is 12.5 Å². The Morgan fingerprint density at radius 2 is 2.17 bits per heavy atom. The smallest absolute Gasteiger partial charge is 0.230 e. The molecule has 1 amide bonds. The van der Waals surface area contributed by atoms with E-state index in [1.54, 1.807) is 12.1 Å². The SMILES string of the molecule is C=CCn1c(COc2ccc(Cl)cc2C)nnc1SCC(=O)NC1CCCCC1. The Balaban J connectivity index is 1.58. The normalized spacial score (nSPS) is 14.6. The number of nitrogens with zero attached hydrogens (tertiary/aromatic N) is 3. The molecule has 1 aromatic heterocycles. The van der Waals surface area contributed by atoms with Crippen LogP contribution in [0.15, 0.2) is 36.0 Å². The number of thioether (sulfide) groups is 1. The van der Waals surface area contributed by atoms with Gasteiger partial charge in [0.25, 0.3) is 0 Å². The Labute approximate surface area is 181 Å². The molecule has 6 nitrogen and oxygen atoms in total. The number of hydrogen-bond acceptors (Lipinski definition) is 5. The first kappa shape index (κ1) is 21.7. The number of nitrogens with one attached hydrogen (secondary N) is 1. The first-order valence-corrected chi connectivity index (χ1v) is 11.3. The molecule has 0 saturated heterocycles. The molecule has 0 unspecified atom stereocenters. The molecule has 0 radical (unpaired) electrons. The minimum Gasteiger partial charge on any atom is -0.485 e.